The number of hydrogen-bond donors (Lipinski definition) is 0. The summed E-state index contributed by atoms with van der Waals surface area (Å²) in [4.78, 5) is 11.9. The SMILES string of the molecule is Cc1cccc(C(=O)CCCC2CCCO2)c1F. The molecule has 1 heterocycles. The molecular weight excluding hydrogens is 231 g/mol. The van der Waals surface area contributed by atoms with Crippen LogP contribution in [0.4, 0.5) is 4.39 Å². The molecule has 0 spiro atoms. The Morgan fingerprint density at radius 2 is 2.33 bits per heavy atom. The Morgan fingerprint density at radius 3 is 3.06 bits per heavy atom. The Bertz CT molecular complexity index is 423. The van der Waals surface area contributed by atoms with Crippen LogP contribution in [0.1, 0.15) is 48.0 Å². The van der Waals surface area contributed by atoms with E-state index in [1.165, 1.54) is 0 Å². The molecule has 1 aliphatic rings. The predicted molar refractivity (Wildman–Crippen MR) is 68.3 cm³/mol. The maximum atomic E-state index is 13.7. The van der Waals surface area contributed by atoms with Gasteiger partial charge in [0.25, 0.3) is 0 Å². The third-order valence-electron chi connectivity index (χ3n) is 3.45. The number of aryl methyl sites for hydroxylation is 1. The lowest BCUT2D eigenvalue weighted by molar-refractivity contribution is 0.0920. The molecule has 2 rings (SSSR count). The van der Waals surface area contributed by atoms with Gasteiger partial charge in [-0.25, -0.2) is 4.39 Å². The highest BCUT2D eigenvalue weighted by molar-refractivity contribution is 5.96. The molecule has 0 bridgehead atoms. The maximum Gasteiger partial charge on any atom is 0.165 e. The molecular formula is C15H19FO2. The third-order valence-corrected chi connectivity index (χ3v) is 3.45. The number of halogens is 1. The normalized spacial score (nSPS) is 19.1. The molecule has 0 aliphatic carbocycles. The quantitative estimate of drug-likeness (QED) is 0.745. The Hall–Kier alpha value is -1.22. The second kappa shape index (κ2) is 6.10. The average molecular weight is 250 g/mol. The highest BCUT2D eigenvalue weighted by Gasteiger charge is 2.17. The number of carbonyl (C=O) groups excluding carboxylic acids is 1. The molecule has 1 atom stereocenters. The van der Waals surface area contributed by atoms with Gasteiger partial charge in [-0.15, -0.1) is 0 Å². The summed E-state index contributed by atoms with van der Waals surface area (Å²) in [6.07, 6.45) is 4.59. The molecule has 98 valence electrons. The summed E-state index contributed by atoms with van der Waals surface area (Å²) in [6, 6.07) is 4.97. The Morgan fingerprint density at radius 1 is 1.50 bits per heavy atom. The number of benzene rings is 1. The van der Waals surface area contributed by atoms with Crippen LogP contribution in [-0.4, -0.2) is 18.5 Å². The lowest BCUT2D eigenvalue weighted by Gasteiger charge is -2.09. The lowest BCUT2D eigenvalue weighted by atomic mass is 10.0. The summed E-state index contributed by atoms with van der Waals surface area (Å²) >= 11 is 0. The smallest absolute Gasteiger partial charge is 0.165 e. The second-order valence-electron chi connectivity index (χ2n) is 4.89. The molecule has 1 saturated heterocycles. The van der Waals surface area contributed by atoms with Crippen molar-refractivity contribution in [2.75, 3.05) is 6.61 Å². The molecule has 0 radical (unpaired) electrons. The minimum absolute atomic E-state index is 0.103. The summed E-state index contributed by atoms with van der Waals surface area (Å²) < 4.78 is 19.2. The van der Waals surface area contributed by atoms with E-state index in [-0.39, 0.29) is 17.2 Å². The van der Waals surface area contributed by atoms with E-state index in [4.69, 9.17) is 4.74 Å². The van der Waals surface area contributed by atoms with Crippen LogP contribution in [0.3, 0.4) is 0 Å². The fraction of sp³-hybridized carbons (Fsp3) is 0.533. The van der Waals surface area contributed by atoms with Crippen LogP contribution in [-0.2, 0) is 4.74 Å². The topological polar surface area (TPSA) is 26.3 Å². The predicted octanol–water partition coefficient (Wildman–Crippen LogP) is 3.67. The van der Waals surface area contributed by atoms with Crippen molar-refractivity contribution in [3.63, 3.8) is 0 Å². The molecule has 1 unspecified atom stereocenters. The van der Waals surface area contributed by atoms with E-state index in [1.54, 1.807) is 25.1 Å². The molecule has 0 N–H and O–H groups in total. The number of carbonyl (C=O) groups is 1. The van der Waals surface area contributed by atoms with Crippen LogP contribution in [0.2, 0.25) is 0 Å². The van der Waals surface area contributed by atoms with Crippen molar-refractivity contribution < 1.29 is 13.9 Å². The van der Waals surface area contributed by atoms with Crippen molar-refractivity contribution in [1.82, 2.24) is 0 Å². The summed E-state index contributed by atoms with van der Waals surface area (Å²) in [5.74, 6) is -0.478. The minimum Gasteiger partial charge on any atom is -0.378 e. The van der Waals surface area contributed by atoms with Crippen molar-refractivity contribution in [2.24, 2.45) is 0 Å². The molecule has 18 heavy (non-hydrogen) atoms. The van der Waals surface area contributed by atoms with Crippen LogP contribution < -0.4 is 0 Å². The zero-order valence-corrected chi connectivity index (χ0v) is 10.7. The first-order valence-corrected chi connectivity index (χ1v) is 6.58. The van der Waals surface area contributed by atoms with Gasteiger partial charge in [-0.1, -0.05) is 12.1 Å². The first kappa shape index (κ1) is 13.2. The van der Waals surface area contributed by atoms with Gasteiger partial charge in [0.05, 0.1) is 11.7 Å². The van der Waals surface area contributed by atoms with Crippen LogP contribution in [0.5, 0.6) is 0 Å². The van der Waals surface area contributed by atoms with Gasteiger partial charge in [-0.05, 0) is 44.2 Å². The first-order valence-electron chi connectivity index (χ1n) is 6.58. The van der Waals surface area contributed by atoms with E-state index in [1.807, 2.05) is 0 Å². The molecule has 0 aromatic heterocycles. The molecule has 1 aromatic rings. The second-order valence-corrected chi connectivity index (χ2v) is 4.89. The van der Waals surface area contributed by atoms with E-state index in [2.05, 4.69) is 0 Å². The van der Waals surface area contributed by atoms with Gasteiger partial charge in [-0.3, -0.25) is 4.79 Å². The molecule has 0 amide bonds. The van der Waals surface area contributed by atoms with Crippen molar-refractivity contribution in [3.8, 4) is 0 Å². The zero-order chi connectivity index (χ0) is 13.0. The van der Waals surface area contributed by atoms with Crippen molar-refractivity contribution >= 4 is 5.78 Å². The third kappa shape index (κ3) is 3.16. The highest BCUT2D eigenvalue weighted by Crippen LogP contribution is 2.19. The summed E-state index contributed by atoms with van der Waals surface area (Å²) in [5.41, 5.74) is 0.752. The number of hydrogen-bond acceptors (Lipinski definition) is 2. The molecule has 1 aromatic carbocycles. The van der Waals surface area contributed by atoms with E-state index in [0.717, 1.165) is 32.3 Å². The van der Waals surface area contributed by atoms with Gasteiger partial charge < -0.3 is 4.74 Å². The van der Waals surface area contributed by atoms with Crippen LogP contribution >= 0.6 is 0 Å². The van der Waals surface area contributed by atoms with Crippen LogP contribution in [0.25, 0.3) is 0 Å². The Balaban J connectivity index is 1.85. The molecule has 1 fully saturated rings. The zero-order valence-electron chi connectivity index (χ0n) is 10.7. The van der Waals surface area contributed by atoms with Crippen molar-refractivity contribution in [2.45, 2.75) is 45.1 Å². The molecule has 0 saturated carbocycles. The average Bonchev–Trinajstić information content (AvgIpc) is 2.85. The van der Waals surface area contributed by atoms with Gasteiger partial charge >= 0.3 is 0 Å². The highest BCUT2D eigenvalue weighted by atomic mass is 19.1. The summed E-state index contributed by atoms with van der Waals surface area (Å²) in [5, 5.41) is 0. The Kier molecular flexibility index (Phi) is 4.48. The summed E-state index contributed by atoms with van der Waals surface area (Å²) in [6.45, 7) is 2.52. The summed E-state index contributed by atoms with van der Waals surface area (Å²) in [7, 11) is 0. The maximum absolute atomic E-state index is 13.7. The van der Waals surface area contributed by atoms with Crippen molar-refractivity contribution in [1.29, 1.82) is 0 Å². The van der Waals surface area contributed by atoms with Gasteiger partial charge in [0.2, 0.25) is 0 Å². The fourth-order valence-electron chi connectivity index (χ4n) is 2.36. The molecule has 2 nitrogen and oxygen atoms in total. The van der Waals surface area contributed by atoms with Crippen LogP contribution in [0.15, 0.2) is 18.2 Å². The van der Waals surface area contributed by atoms with E-state index >= 15 is 0 Å². The first-order chi connectivity index (χ1) is 8.68. The molecule has 3 heteroatoms. The molecule has 1 aliphatic heterocycles. The largest absolute Gasteiger partial charge is 0.378 e. The monoisotopic (exact) mass is 250 g/mol. The van der Waals surface area contributed by atoms with E-state index < -0.39 is 0 Å². The minimum atomic E-state index is -0.375. The standard InChI is InChI=1S/C15H19FO2/c1-11-5-2-8-13(15(11)16)14(17)9-3-6-12-7-4-10-18-12/h2,5,8,12H,3-4,6-7,9-10H2,1H3. The van der Waals surface area contributed by atoms with Gasteiger partial charge in [0, 0.05) is 13.0 Å². The fourth-order valence-corrected chi connectivity index (χ4v) is 2.36. The van der Waals surface area contributed by atoms with Gasteiger partial charge in [0.1, 0.15) is 5.82 Å². The number of ketones is 1. The van der Waals surface area contributed by atoms with Crippen molar-refractivity contribution in [3.05, 3.63) is 35.1 Å². The number of ether oxygens (including phenoxy) is 1. The van der Waals surface area contributed by atoms with E-state index in [0.29, 0.717) is 18.1 Å². The van der Waals surface area contributed by atoms with Gasteiger partial charge in [0.15, 0.2) is 5.78 Å². The number of rotatable bonds is 5. The van der Waals surface area contributed by atoms with Crippen LogP contribution in [0, 0.1) is 12.7 Å². The van der Waals surface area contributed by atoms with Gasteiger partial charge in [-0.2, -0.15) is 0 Å². The number of Topliss-reactive ketones (excluding diaryl/α,β-unsaturated/α-hetero) is 1. The Labute approximate surface area is 107 Å². The lowest BCUT2D eigenvalue weighted by Crippen LogP contribution is -2.08. The van der Waals surface area contributed by atoms with E-state index in [9.17, 15) is 9.18 Å².